The first-order valence-electron chi connectivity index (χ1n) is 8.82. The molecule has 1 aromatic rings. The lowest BCUT2D eigenvalue weighted by Crippen LogP contribution is -2.32. The second-order valence-electron chi connectivity index (χ2n) is 6.83. The Hall–Kier alpha value is -2.11. The maximum Gasteiger partial charge on any atom is 0.250 e. The van der Waals surface area contributed by atoms with Gasteiger partial charge in [-0.15, -0.1) is 0 Å². The first-order valence-corrected chi connectivity index (χ1v) is 8.82. The molecule has 1 aliphatic carbocycles. The largest absolute Gasteiger partial charge is 0.472 e. The molecular weight excluding hydrogens is 306 g/mol. The number of amides is 2. The zero-order valence-corrected chi connectivity index (χ0v) is 13.9. The Morgan fingerprint density at radius 2 is 2.00 bits per heavy atom. The summed E-state index contributed by atoms with van der Waals surface area (Å²) in [4.78, 5) is 29.5. The van der Waals surface area contributed by atoms with E-state index in [0.717, 1.165) is 13.0 Å². The van der Waals surface area contributed by atoms with Crippen molar-refractivity contribution in [2.24, 2.45) is 11.7 Å². The number of hydrogen-bond donors (Lipinski definition) is 1. The number of aromatic nitrogens is 1. The summed E-state index contributed by atoms with van der Waals surface area (Å²) in [5, 5.41) is 0. The van der Waals surface area contributed by atoms with Crippen LogP contribution < -0.4 is 10.5 Å². The highest BCUT2D eigenvalue weighted by Gasteiger charge is 2.29. The van der Waals surface area contributed by atoms with E-state index in [9.17, 15) is 9.59 Å². The van der Waals surface area contributed by atoms with Gasteiger partial charge in [-0.1, -0.05) is 19.3 Å². The van der Waals surface area contributed by atoms with Crippen molar-refractivity contribution in [2.45, 2.75) is 51.0 Å². The zero-order chi connectivity index (χ0) is 16.9. The quantitative estimate of drug-likeness (QED) is 0.895. The highest BCUT2D eigenvalue weighted by Crippen LogP contribution is 2.27. The number of ether oxygens (including phenoxy) is 1. The Labute approximate surface area is 142 Å². The molecule has 3 rings (SSSR count). The third kappa shape index (κ3) is 4.24. The number of rotatable bonds is 5. The fraction of sp³-hybridized carbons (Fsp3) is 0.611. The second-order valence-corrected chi connectivity index (χ2v) is 6.83. The van der Waals surface area contributed by atoms with Crippen molar-refractivity contribution in [3.63, 3.8) is 0 Å². The highest BCUT2D eigenvalue weighted by atomic mass is 16.5. The molecule has 1 aliphatic heterocycles. The van der Waals surface area contributed by atoms with Crippen molar-refractivity contribution >= 4 is 11.8 Å². The number of nitrogens with two attached hydrogens (primary N) is 1. The number of nitrogens with zero attached hydrogens (tertiary/aromatic N) is 2. The van der Waals surface area contributed by atoms with Crippen LogP contribution in [0, 0.1) is 5.92 Å². The Morgan fingerprint density at radius 1 is 1.21 bits per heavy atom. The zero-order valence-electron chi connectivity index (χ0n) is 13.9. The monoisotopic (exact) mass is 331 g/mol. The molecule has 2 heterocycles. The highest BCUT2D eigenvalue weighted by molar-refractivity contribution is 5.92. The molecule has 0 spiro atoms. The number of pyridine rings is 1. The predicted molar refractivity (Wildman–Crippen MR) is 89.6 cm³/mol. The number of hydrogen-bond acceptors (Lipinski definition) is 4. The molecule has 2 fully saturated rings. The predicted octanol–water partition coefficient (Wildman–Crippen LogP) is 2.13. The first-order chi connectivity index (χ1) is 11.6. The molecule has 1 saturated carbocycles. The van der Waals surface area contributed by atoms with Gasteiger partial charge in [-0.25, -0.2) is 4.98 Å². The molecule has 0 unspecified atom stereocenters. The summed E-state index contributed by atoms with van der Waals surface area (Å²) < 4.78 is 5.82. The lowest BCUT2D eigenvalue weighted by atomic mass is 9.87. The van der Waals surface area contributed by atoms with Crippen LogP contribution in [0.4, 0.5) is 0 Å². The van der Waals surface area contributed by atoms with E-state index in [4.69, 9.17) is 10.5 Å². The third-order valence-corrected chi connectivity index (χ3v) is 4.99. The SMILES string of the molecule is NC(=O)c1ccc(O[C@H]2CCN(C(=O)CC3CCCCC3)C2)nc1. The van der Waals surface area contributed by atoms with Gasteiger partial charge in [0.05, 0.1) is 12.1 Å². The van der Waals surface area contributed by atoms with Crippen LogP contribution in [0.3, 0.4) is 0 Å². The van der Waals surface area contributed by atoms with Crippen molar-refractivity contribution in [3.8, 4) is 5.88 Å². The molecule has 2 N–H and O–H groups in total. The van der Waals surface area contributed by atoms with E-state index < -0.39 is 5.91 Å². The van der Waals surface area contributed by atoms with Crippen molar-refractivity contribution in [1.29, 1.82) is 0 Å². The minimum absolute atomic E-state index is 0.0350. The molecule has 1 atom stereocenters. The molecular formula is C18H25N3O3. The maximum atomic E-state index is 12.4. The van der Waals surface area contributed by atoms with Crippen LogP contribution in [0.15, 0.2) is 18.3 Å². The number of carbonyl (C=O) groups excluding carboxylic acids is 2. The molecule has 130 valence electrons. The van der Waals surface area contributed by atoms with E-state index in [-0.39, 0.29) is 12.0 Å². The fourth-order valence-electron chi connectivity index (χ4n) is 3.58. The van der Waals surface area contributed by atoms with Gasteiger partial charge in [-0.05, 0) is 24.8 Å². The van der Waals surface area contributed by atoms with E-state index in [1.165, 1.54) is 38.3 Å². The number of carbonyl (C=O) groups is 2. The Bertz CT molecular complexity index is 582. The van der Waals surface area contributed by atoms with E-state index in [2.05, 4.69) is 4.98 Å². The van der Waals surface area contributed by atoms with E-state index in [1.807, 2.05) is 4.90 Å². The van der Waals surface area contributed by atoms with Gasteiger partial charge in [0.2, 0.25) is 17.7 Å². The van der Waals surface area contributed by atoms with Crippen LogP contribution in [0.5, 0.6) is 5.88 Å². The van der Waals surface area contributed by atoms with E-state index in [1.54, 1.807) is 12.1 Å². The maximum absolute atomic E-state index is 12.4. The van der Waals surface area contributed by atoms with Gasteiger partial charge in [0.15, 0.2) is 0 Å². The van der Waals surface area contributed by atoms with Crippen LogP contribution in [-0.2, 0) is 4.79 Å². The molecule has 2 amide bonds. The lowest BCUT2D eigenvalue weighted by molar-refractivity contribution is -0.131. The fourth-order valence-corrected chi connectivity index (χ4v) is 3.58. The summed E-state index contributed by atoms with van der Waals surface area (Å²) in [6, 6.07) is 3.25. The third-order valence-electron chi connectivity index (χ3n) is 4.99. The molecule has 6 nitrogen and oxygen atoms in total. The summed E-state index contributed by atoms with van der Waals surface area (Å²) in [6.07, 6.45) is 9.09. The summed E-state index contributed by atoms with van der Waals surface area (Å²) in [5.41, 5.74) is 5.55. The van der Waals surface area contributed by atoms with Gasteiger partial charge in [0, 0.05) is 31.6 Å². The summed E-state index contributed by atoms with van der Waals surface area (Å²) >= 11 is 0. The molecule has 24 heavy (non-hydrogen) atoms. The molecule has 2 aliphatic rings. The summed E-state index contributed by atoms with van der Waals surface area (Å²) in [7, 11) is 0. The molecule has 6 heteroatoms. The van der Waals surface area contributed by atoms with Crippen LogP contribution in [0.1, 0.15) is 55.3 Å². The minimum Gasteiger partial charge on any atom is -0.472 e. The van der Waals surface area contributed by atoms with Crippen LogP contribution >= 0.6 is 0 Å². The van der Waals surface area contributed by atoms with Crippen molar-refractivity contribution < 1.29 is 14.3 Å². The van der Waals surface area contributed by atoms with Crippen LogP contribution in [0.2, 0.25) is 0 Å². The first kappa shape index (κ1) is 16.7. The van der Waals surface area contributed by atoms with E-state index in [0.29, 0.717) is 30.3 Å². The molecule has 0 bridgehead atoms. The van der Waals surface area contributed by atoms with Crippen molar-refractivity contribution in [3.05, 3.63) is 23.9 Å². The van der Waals surface area contributed by atoms with Gasteiger partial charge in [-0.2, -0.15) is 0 Å². The summed E-state index contributed by atoms with van der Waals surface area (Å²) in [5.74, 6) is 0.778. The van der Waals surface area contributed by atoms with Gasteiger partial charge in [-0.3, -0.25) is 9.59 Å². The number of primary amides is 1. The van der Waals surface area contributed by atoms with E-state index >= 15 is 0 Å². The smallest absolute Gasteiger partial charge is 0.250 e. The molecule has 1 saturated heterocycles. The topological polar surface area (TPSA) is 85.5 Å². The lowest BCUT2D eigenvalue weighted by Gasteiger charge is -2.24. The average molecular weight is 331 g/mol. The van der Waals surface area contributed by atoms with Gasteiger partial charge >= 0.3 is 0 Å². The van der Waals surface area contributed by atoms with Gasteiger partial charge in [0.25, 0.3) is 0 Å². The standard InChI is InChI=1S/C18H25N3O3/c19-18(23)14-6-7-16(20-11-14)24-15-8-9-21(12-15)17(22)10-13-4-2-1-3-5-13/h6-7,11,13,15H,1-5,8-10,12H2,(H2,19,23)/t15-/m0/s1. The molecule has 0 radical (unpaired) electrons. The minimum atomic E-state index is -0.505. The van der Waals surface area contributed by atoms with Gasteiger partial charge in [0.1, 0.15) is 6.10 Å². The van der Waals surface area contributed by atoms with Gasteiger partial charge < -0.3 is 15.4 Å². The van der Waals surface area contributed by atoms with Crippen molar-refractivity contribution in [1.82, 2.24) is 9.88 Å². The summed E-state index contributed by atoms with van der Waals surface area (Å²) in [6.45, 7) is 1.36. The van der Waals surface area contributed by atoms with Crippen LogP contribution in [0.25, 0.3) is 0 Å². The number of likely N-dealkylation sites (tertiary alicyclic amines) is 1. The molecule has 1 aromatic heterocycles. The average Bonchev–Trinajstić information content (AvgIpc) is 3.05. The molecule has 0 aromatic carbocycles. The second kappa shape index (κ2) is 7.64. The Kier molecular flexibility index (Phi) is 5.33. The Morgan fingerprint density at radius 3 is 2.67 bits per heavy atom. The Balaban J connectivity index is 1.47. The van der Waals surface area contributed by atoms with Crippen molar-refractivity contribution in [2.75, 3.05) is 13.1 Å². The van der Waals surface area contributed by atoms with Crippen LogP contribution in [-0.4, -0.2) is 40.9 Å². The normalized spacial score (nSPS) is 21.7.